The van der Waals surface area contributed by atoms with Crippen molar-refractivity contribution >= 4 is 44.6 Å². The minimum absolute atomic E-state index is 0.0947. The first-order chi connectivity index (χ1) is 9.72. The molecule has 1 heterocycles. The van der Waals surface area contributed by atoms with E-state index in [1.54, 1.807) is 12.3 Å². The van der Waals surface area contributed by atoms with Crippen molar-refractivity contribution < 1.29 is 18.3 Å². The van der Waals surface area contributed by atoms with Crippen molar-refractivity contribution in [1.29, 1.82) is 0 Å². The predicted molar refractivity (Wildman–Crippen MR) is 83.0 cm³/mol. The van der Waals surface area contributed by atoms with Crippen molar-refractivity contribution in [3.63, 3.8) is 0 Å². The molecule has 0 amide bonds. The Morgan fingerprint density at radius 1 is 1.29 bits per heavy atom. The summed E-state index contributed by atoms with van der Waals surface area (Å²) in [6.45, 7) is 3.30. The summed E-state index contributed by atoms with van der Waals surface area (Å²) in [7, 11) is -3.89. The fourth-order valence-corrected chi connectivity index (χ4v) is 4.01. The third-order valence-corrected chi connectivity index (χ3v) is 5.56. The Balaban J connectivity index is 2.50. The van der Waals surface area contributed by atoms with Gasteiger partial charge in [0.25, 0.3) is 10.0 Å². The summed E-state index contributed by atoms with van der Waals surface area (Å²) in [4.78, 5) is 11.0. The second kappa shape index (κ2) is 5.67. The van der Waals surface area contributed by atoms with Crippen LogP contribution in [0.1, 0.15) is 21.5 Å². The third kappa shape index (κ3) is 3.20. The summed E-state index contributed by atoms with van der Waals surface area (Å²) in [5, 5.41) is 12.7. The first-order valence-electron chi connectivity index (χ1n) is 5.81. The molecule has 0 radical (unpaired) electrons. The van der Waals surface area contributed by atoms with Gasteiger partial charge in [0.1, 0.15) is 0 Å². The number of anilines is 1. The molecule has 0 atom stereocenters. The zero-order chi connectivity index (χ0) is 15.8. The van der Waals surface area contributed by atoms with Gasteiger partial charge in [-0.25, -0.2) is 13.2 Å². The van der Waals surface area contributed by atoms with Gasteiger partial charge < -0.3 is 5.11 Å². The lowest BCUT2D eigenvalue weighted by Crippen LogP contribution is -2.14. The smallest absolute Gasteiger partial charge is 0.336 e. The molecule has 2 aromatic rings. The maximum Gasteiger partial charge on any atom is 0.336 e. The minimum Gasteiger partial charge on any atom is -0.478 e. The van der Waals surface area contributed by atoms with E-state index in [1.807, 2.05) is 5.38 Å². The minimum atomic E-state index is -3.89. The van der Waals surface area contributed by atoms with E-state index in [4.69, 9.17) is 16.7 Å². The number of aryl methyl sites for hydroxylation is 1. The van der Waals surface area contributed by atoms with E-state index in [1.165, 1.54) is 24.3 Å². The second-order valence-corrected chi connectivity index (χ2v) is 7.29. The van der Waals surface area contributed by atoms with E-state index < -0.39 is 16.0 Å². The van der Waals surface area contributed by atoms with E-state index in [9.17, 15) is 13.2 Å². The highest BCUT2D eigenvalue weighted by Crippen LogP contribution is 2.27. The number of nitrogens with one attached hydrogen (secondary N) is 1. The van der Waals surface area contributed by atoms with Gasteiger partial charge in [0.2, 0.25) is 0 Å². The molecule has 5 nitrogen and oxygen atoms in total. The van der Waals surface area contributed by atoms with Crippen LogP contribution in [-0.4, -0.2) is 19.5 Å². The van der Waals surface area contributed by atoms with E-state index in [0.717, 1.165) is 11.6 Å². The van der Waals surface area contributed by atoms with E-state index in [0.29, 0.717) is 11.3 Å². The molecule has 0 aliphatic carbocycles. The van der Waals surface area contributed by atoms with Crippen molar-refractivity contribution in [1.82, 2.24) is 0 Å². The van der Waals surface area contributed by atoms with Crippen LogP contribution in [0.5, 0.6) is 0 Å². The Bertz CT molecular complexity index is 812. The molecule has 0 saturated heterocycles. The first-order valence-corrected chi connectivity index (χ1v) is 8.62. The highest BCUT2D eigenvalue weighted by Gasteiger charge is 2.21. The van der Waals surface area contributed by atoms with Gasteiger partial charge in [0, 0.05) is 10.4 Å². The van der Waals surface area contributed by atoms with Crippen LogP contribution in [0.2, 0.25) is 5.02 Å². The summed E-state index contributed by atoms with van der Waals surface area (Å²) >= 11 is 7.30. The molecule has 0 fully saturated rings. The predicted octanol–water partition coefficient (Wildman–Crippen LogP) is 3.52. The molecule has 21 heavy (non-hydrogen) atoms. The molecular weight excluding hydrogens is 334 g/mol. The average Bonchev–Trinajstić information content (AvgIpc) is 2.77. The number of sulfonamides is 1. The highest BCUT2D eigenvalue weighted by molar-refractivity contribution is 7.92. The van der Waals surface area contributed by atoms with Gasteiger partial charge in [0.15, 0.2) is 0 Å². The number of thiophene rings is 1. The van der Waals surface area contributed by atoms with Gasteiger partial charge in [-0.2, -0.15) is 0 Å². The molecule has 112 valence electrons. The number of carboxylic acid groups (broad SMARTS) is 1. The Labute approximate surface area is 131 Å². The van der Waals surface area contributed by atoms with Crippen LogP contribution in [0.25, 0.3) is 0 Å². The molecule has 0 saturated carbocycles. The summed E-state index contributed by atoms with van der Waals surface area (Å²) in [5.41, 5.74) is 1.45. The Morgan fingerprint density at radius 3 is 2.48 bits per heavy atom. The van der Waals surface area contributed by atoms with Gasteiger partial charge in [-0.1, -0.05) is 11.6 Å². The van der Waals surface area contributed by atoms with Gasteiger partial charge in [-0.05, 0) is 42.5 Å². The number of carboxylic acids is 1. The standard InChI is InChI=1S/C13H12ClNO4S2/c1-7-5-20-6-12(7)15-21(18,19)9-3-10(13(16)17)8(2)11(14)4-9/h3-6,15H,1-2H3,(H,16,17). The van der Waals surface area contributed by atoms with Gasteiger partial charge in [-0.15, -0.1) is 11.3 Å². The molecule has 8 heteroatoms. The average molecular weight is 346 g/mol. The molecular formula is C13H12ClNO4S2. The third-order valence-electron chi connectivity index (χ3n) is 2.96. The zero-order valence-corrected chi connectivity index (χ0v) is 13.6. The van der Waals surface area contributed by atoms with Gasteiger partial charge in [0.05, 0.1) is 16.1 Å². The molecule has 0 spiro atoms. The van der Waals surface area contributed by atoms with Crippen LogP contribution >= 0.6 is 22.9 Å². The first kappa shape index (κ1) is 15.8. The highest BCUT2D eigenvalue weighted by atomic mass is 35.5. The van der Waals surface area contributed by atoms with Crippen LogP contribution in [0.3, 0.4) is 0 Å². The zero-order valence-electron chi connectivity index (χ0n) is 11.2. The number of benzene rings is 1. The lowest BCUT2D eigenvalue weighted by atomic mass is 10.1. The van der Waals surface area contributed by atoms with E-state index >= 15 is 0 Å². The summed E-state index contributed by atoms with van der Waals surface area (Å²) in [6.07, 6.45) is 0. The summed E-state index contributed by atoms with van der Waals surface area (Å²) in [5.74, 6) is -1.22. The van der Waals surface area contributed by atoms with Crippen LogP contribution in [0.4, 0.5) is 5.69 Å². The molecule has 1 aromatic heterocycles. The van der Waals surface area contributed by atoms with Crippen molar-refractivity contribution in [2.45, 2.75) is 18.7 Å². The lowest BCUT2D eigenvalue weighted by Gasteiger charge is -2.11. The summed E-state index contributed by atoms with van der Waals surface area (Å²) < 4.78 is 27.1. The fourth-order valence-electron chi connectivity index (χ4n) is 1.70. The maximum absolute atomic E-state index is 12.3. The maximum atomic E-state index is 12.3. The van der Waals surface area contributed by atoms with Crippen molar-refractivity contribution in [3.8, 4) is 0 Å². The molecule has 2 N–H and O–H groups in total. The van der Waals surface area contributed by atoms with Crippen LogP contribution in [0, 0.1) is 13.8 Å². The number of rotatable bonds is 4. The number of halogens is 1. The molecule has 2 rings (SSSR count). The number of hydrogen-bond donors (Lipinski definition) is 2. The molecule has 0 aliphatic rings. The Hall–Kier alpha value is -1.57. The van der Waals surface area contributed by atoms with E-state index in [-0.39, 0.29) is 15.5 Å². The number of aromatic carboxylic acids is 1. The SMILES string of the molecule is Cc1cscc1NS(=O)(=O)c1cc(Cl)c(C)c(C(=O)O)c1. The monoisotopic (exact) mass is 345 g/mol. The van der Waals surface area contributed by atoms with Crippen LogP contribution < -0.4 is 4.72 Å². The normalized spacial score (nSPS) is 11.4. The quantitative estimate of drug-likeness (QED) is 0.888. The van der Waals surface area contributed by atoms with Crippen molar-refractivity contribution in [2.24, 2.45) is 0 Å². The van der Waals surface area contributed by atoms with Crippen LogP contribution in [-0.2, 0) is 10.0 Å². The fraction of sp³-hybridized carbons (Fsp3) is 0.154. The van der Waals surface area contributed by atoms with Crippen molar-refractivity contribution in [3.05, 3.63) is 44.6 Å². The largest absolute Gasteiger partial charge is 0.478 e. The second-order valence-electron chi connectivity index (χ2n) is 4.46. The Kier molecular flexibility index (Phi) is 4.27. The van der Waals surface area contributed by atoms with Crippen LogP contribution in [0.15, 0.2) is 27.8 Å². The topological polar surface area (TPSA) is 83.5 Å². The van der Waals surface area contributed by atoms with Crippen molar-refractivity contribution in [2.75, 3.05) is 4.72 Å². The lowest BCUT2D eigenvalue weighted by molar-refractivity contribution is 0.0696. The molecule has 0 aliphatic heterocycles. The van der Waals surface area contributed by atoms with Gasteiger partial charge >= 0.3 is 5.97 Å². The number of carbonyl (C=O) groups is 1. The molecule has 0 bridgehead atoms. The Morgan fingerprint density at radius 2 is 1.95 bits per heavy atom. The molecule has 0 unspecified atom stereocenters. The number of hydrogen-bond acceptors (Lipinski definition) is 4. The van der Waals surface area contributed by atoms with Gasteiger partial charge in [-0.3, -0.25) is 4.72 Å². The molecule has 1 aromatic carbocycles. The van der Waals surface area contributed by atoms with E-state index in [2.05, 4.69) is 4.72 Å². The summed E-state index contributed by atoms with van der Waals surface area (Å²) in [6, 6.07) is 2.35.